The molecule has 0 atom stereocenters. The lowest BCUT2D eigenvalue weighted by atomic mass is 10.1. The van der Waals surface area contributed by atoms with Crippen LogP contribution in [0.4, 0.5) is 5.69 Å². The van der Waals surface area contributed by atoms with E-state index in [0.29, 0.717) is 5.69 Å². The van der Waals surface area contributed by atoms with Gasteiger partial charge in [-0.2, -0.15) is 0 Å². The number of benzene rings is 1. The van der Waals surface area contributed by atoms with Crippen LogP contribution < -0.4 is 10.2 Å². The highest BCUT2D eigenvalue weighted by atomic mass is 32.1. The summed E-state index contributed by atoms with van der Waals surface area (Å²) in [6.45, 7) is 2.06. The molecule has 1 aromatic carbocycles. The quantitative estimate of drug-likeness (QED) is 0.530. The SMILES string of the molecule is CCc1ccc(N2C(=O)C(=Cc3cccs3)C(=O)NC2=S)cc1. The number of rotatable bonds is 3. The van der Waals surface area contributed by atoms with Crippen molar-refractivity contribution in [2.45, 2.75) is 13.3 Å². The Morgan fingerprint density at radius 2 is 1.96 bits per heavy atom. The predicted molar refractivity (Wildman–Crippen MR) is 96.3 cm³/mol. The summed E-state index contributed by atoms with van der Waals surface area (Å²) in [6, 6.07) is 11.3. The molecule has 1 aliphatic rings. The van der Waals surface area contributed by atoms with Crippen molar-refractivity contribution < 1.29 is 9.59 Å². The van der Waals surface area contributed by atoms with Gasteiger partial charge in [-0.05, 0) is 53.9 Å². The summed E-state index contributed by atoms with van der Waals surface area (Å²) in [5.74, 6) is -0.869. The highest BCUT2D eigenvalue weighted by molar-refractivity contribution is 7.80. The maximum atomic E-state index is 12.7. The third-order valence-electron chi connectivity index (χ3n) is 3.53. The lowest BCUT2D eigenvalue weighted by Crippen LogP contribution is -2.54. The Kier molecular flexibility index (Phi) is 4.36. The predicted octanol–water partition coefficient (Wildman–Crippen LogP) is 3.14. The fourth-order valence-corrected chi connectivity index (χ4v) is 3.23. The Morgan fingerprint density at radius 3 is 2.57 bits per heavy atom. The first-order chi connectivity index (χ1) is 11.1. The molecular weight excluding hydrogens is 328 g/mol. The molecule has 0 unspecified atom stereocenters. The Balaban J connectivity index is 1.98. The molecule has 0 aliphatic carbocycles. The summed E-state index contributed by atoms with van der Waals surface area (Å²) >= 11 is 6.64. The van der Waals surface area contributed by atoms with Crippen LogP contribution in [0.25, 0.3) is 6.08 Å². The van der Waals surface area contributed by atoms with Gasteiger partial charge in [0.25, 0.3) is 11.8 Å². The number of carbonyl (C=O) groups excluding carboxylic acids is 2. The van der Waals surface area contributed by atoms with Gasteiger partial charge in [0.05, 0.1) is 5.69 Å². The number of hydrogen-bond acceptors (Lipinski definition) is 4. The first-order valence-electron chi connectivity index (χ1n) is 7.14. The average Bonchev–Trinajstić information content (AvgIpc) is 3.05. The molecular formula is C17H14N2O2S2. The minimum atomic E-state index is -0.463. The molecule has 2 aromatic rings. The molecule has 0 radical (unpaired) electrons. The number of nitrogens with one attached hydrogen (secondary N) is 1. The molecule has 3 rings (SSSR count). The number of amides is 2. The van der Waals surface area contributed by atoms with Crippen molar-refractivity contribution in [1.29, 1.82) is 0 Å². The van der Waals surface area contributed by atoms with Gasteiger partial charge in [-0.3, -0.25) is 19.8 Å². The van der Waals surface area contributed by atoms with Gasteiger partial charge in [-0.1, -0.05) is 25.1 Å². The first kappa shape index (κ1) is 15.6. The monoisotopic (exact) mass is 342 g/mol. The lowest BCUT2D eigenvalue weighted by Gasteiger charge is -2.29. The molecule has 2 heterocycles. The van der Waals surface area contributed by atoms with Crippen LogP contribution >= 0.6 is 23.6 Å². The summed E-state index contributed by atoms with van der Waals surface area (Å²) in [6.07, 6.45) is 2.51. The van der Waals surface area contributed by atoms with Crippen LogP contribution in [0.3, 0.4) is 0 Å². The standard InChI is InChI=1S/C17H14N2O2S2/c1-2-11-5-7-12(8-6-11)19-16(21)14(15(20)18-17(19)22)10-13-4-3-9-23-13/h3-10H,2H2,1H3,(H,18,20,22). The van der Waals surface area contributed by atoms with Crippen molar-refractivity contribution in [1.82, 2.24) is 5.32 Å². The Bertz CT molecular complexity index is 793. The smallest absolute Gasteiger partial charge is 0.270 e. The van der Waals surface area contributed by atoms with Crippen LogP contribution in [0.15, 0.2) is 47.4 Å². The van der Waals surface area contributed by atoms with Crippen LogP contribution in [-0.2, 0) is 16.0 Å². The number of hydrogen-bond donors (Lipinski definition) is 1. The summed E-state index contributed by atoms with van der Waals surface area (Å²) < 4.78 is 0. The maximum absolute atomic E-state index is 12.7. The van der Waals surface area contributed by atoms with E-state index >= 15 is 0 Å². The molecule has 2 amide bonds. The van der Waals surface area contributed by atoms with E-state index in [1.165, 1.54) is 21.8 Å². The van der Waals surface area contributed by atoms with Gasteiger partial charge < -0.3 is 0 Å². The number of thiophene rings is 1. The minimum absolute atomic E-state index is 0.0839. The minimum Gasteiger partial charge on any atom is -0.298 e. The van der Waals surface area contributed by atoms with Gasteiger partial charge in [0.2, 0.25) is 0 Å². The van der Waals surface area contributed by atoms with Crippen molar-refractivity contribution >= 4 is 52.2 Å². The Labute approximate surface area is 143 Å². The number of nitrogens with zero attached hydrogens (tertiary/aromatic N) is 1. The van der Waals surface area contributed by atoms with Gasteiger partial charge in [-0.15, -0.1) is 11.3 Å². The molecule has 1 N–H and O–H groups in total. The molecule has 4 nitrogen and oxygen atoms in total. The molecule has 0 bridgehead atoms. The summed E-state index contributed by atoms with van der Waals surface area (Å²) in [5.41, 5.74) is 1.90. The fourth-order valence-electron chi connectivity index (χ4n) is 2.29. The second-order valence-corrected chi connectivity index (χ2v) is 6.36. The second kappa shape index (κ2) is 6.44. The van der Waals surface area contributed by atoms with Gasteiger partial charge in [-0.25, -0.2) is 0 Å². The molecule has 0 saturated carbocycles. The molecule has 23 heavy (non-hydrogen) atoms. The summed E-state index contributed by atoms with van der Waals surface area (Å²) in [5, 5.41) is 4.58. The summed E-state index contributed by atoms with van der Waals surface area (Å²) in [7, 11) is 0. The third kappa shape index (κ3) is 3.09. The van der Waals surface area contributed by atoms with E-state index in [9.17, 15) is 9.59 Å². The molecule has 6 heteroatoms. The summed E-state index contributed by atoms with van der Waals surface area (Å²) in [4.78, 5) is 27.1. The molecule has 1 aromatic heterocycles. The number of aryl methyl sites for hydroxylation is 1. The van der Waals surface area contributed by atoms with E-state index in [1.807, 2.05) is 41.8 Å². The van der Waals surface area contributed by atoms with Crippen molar-refractivity contribution in [3.05, 3.63) is 57.8 Å². The second-order valence-electron chi connectivity index (χ2n) is 4.99. The van der Waals surface area contributed by atoms with Gasteiger partial charge in [0.1, 0.15) is 5.57 Å². The van der Waals surface area contributed by atoms with E-state index in [2.05, 4.69) is 12.2 Å². The number of thiocarbonyl (C=S) groups is 1. The third-order valence-corrected chi connectivity index (χ3v) is 4.64. The normalized spacial score (nSPS) is 16.8. The fraction of sp³-hybridized carbons (Fsp3) is 0.118. The zero-order chi connectivity index (χ0) is 16.4. The average molecular weight is 342 g/mol. The van der Waals surface area contributed by atoms with Crippen LogP contribution in [-0.4, -0.2) is 16.9 Å². The lowest BCUT2D eigenvalue weighted by molar-refractivity contribution is -0.122. The van der Waals surface area contributed by atoms with Gasteiger partial charge in [0, 0.05) is 4.88 Å². The van der Waals surface area contributed by atoms with E-state index in [0.717, 1.165) is 11.3 Å². The highest BCUT2D eigenvalue weighted by Gasteiger charge is 2.34. The largest absolute Gasteiger partial charge is 0.298 e. The van der Waals surface area contributed by atoms with E-state index < -0.39 is 11.8 Å². The molecule has 116 valence electrons. The zero-order valence-corrected chi connectivity index (χ0v) is 14.0. The van der Waals surface area contributed by atoms with Crippen LogP contribution in [0.5, 0.6) is 0 Å². The molecule has 0 spiro atoms. The van der Waals surface area contributed by atoms with E-state index in [4.69, 9.17) is 12.2 Å². The van der Waals surface area contributed by atoms with Crippen LogP contribution in [0.1, 0.15) is 17.4 Å². The number of anilines is 1. The van der Waals surface area contributed by atoms with Crippen molar-refractivity contribution in [2.24, 2.45) is 0 Å². The molecule has 1 aliphatic heterocycles. The Hall–Kier alpha value is -2.31. The van der Waals surface area contributed by atoms with Crippen molar-refractivity contribution in [3.63, 3.8) is 0 Å². The van der Waals surface area contributed by atoms with Crippen molar-refractivity contribution in [2.75, 3.05) is 4.90 Å². The zero-order valence-electron chi connectivity index (χ0n) is 12.4. The van der Waals surface area contributed by atoms with Crippen molar-refractivity contribution in [3.8, 4) is 0 Å². The van der Waals surface area contributed by atoms with E-state index in [1.54, 1.807) is 6.08 Å². The highest BCUT2D eigenvalue weighted by Crippen LogP contribution is 2.23. The first-order valence-corrected chi connectivity index (χ1v) is 8.43. The van der Waals surface area contributed by atoms with Gasteiger partial charge >= 0.3 is 0 Å². The molecule has 1 fully saturated rings. The maximum Gasteiger partial charge on any atom is 0.270 e. The van der Waals surface area contributed by atoms with Crippen LogP contribution in [0.2, 0.25) is 0 Å². The van der Waals surface area contributed by atoms with Gasteiger partial charge in [0.15, 0.2) is 5.11 Å². The number of carbonyl (C=O) groups is 2. The topological polar surface area (TPSA) is 49.4 Å². The Morgan fingerprint density at radius 1 is 1.22 bits per heavy atom. The van der Waals surface area contributed by atoms with Crippen LogP contribution in [0, 0.1) is 0 Å². The molecule has 1 saturated heterocycles. The van der Waals surface area contributed by atoms with E-state index in [-0.39, 0.29) is 10.7 Å².